The molecule has 0 aliphatic carbocycles. The van der Waals surface area contributed by atoms with Crippen LogP contribution in [0.1, 0.15) is 0 Å². The lowest BCUT2D eigenvalue weighted by Gasteiger charge is -2.02. The maximum absolute atomic E-state index is 10.5. The zero-order valence-corrected chi connectivity index (χ0v) is 8.09. The molecule has 0 rings (SSSR count). The number of carbonyl (C=O) groups excluding carboxylic acids is 2. The summed E-state index contributed by atoms with van der Waals surface area (Å²) in [5.41, 5.74) is 0. The van der Waals surface area contributed by atoms with Crippen LogP contribution >= 0.6 is 15.9 Å². The van der Waals surface area contributed by atoms with Crippen molar-refractivity contribution >= 4 is 27.8 Å². The molecule has 1 amide bonds. The lowest BCUT2D eigenvalue weighted by atomic mass is 10.5. The van der Waals surface area contributed by atoms with E-state index in [1.807, 2.05) is 0 Å². The SMILES string of the molecule is C=CC(=O)NCCOC(=O)CBr. The molecule has 12 heavy (non-hydrogen) atoms. The quantitative estimate of drug-likeness (QED) is 0.321. The van der Waals surface area contributed by atoms with Crippen molar-refractivity contribution in [2.24, 2.45) is 0 Å². The van der Waals surface area contributed by atoms with Gasteiger partial charge in [0.1, 0.15) is 11.9 Å². The number of esters is 1. The molecule has 4 nitrogen and oxygen atoms in total. The van der Waals surface area contributed by atoms with E-state index in [2.05, 4.69) is 32.6 Å². The minimum atomic E-state index is -0.345. The zero-order chi connectivity index (χ0) is 9.40. The summed E-state index contributed by atoms with van der Waals surface area (Å²) in [6.07, 6.45) is 1.16. The Labute approximate surface area is 79.1 Å². The predicted molar refractivity (Wildman–Crippen MR) is 48.0 cm³/mol. The fraction of sp³-hybridized carbons (Fsp3) is 0.429. The van der Waals surface area contributed by atoms with E-state index in [0.29, 0.717) is 6.54 Å². The van der Waals surface area contributed by atoms with Crippen molar-refractivity contribution < 1.29 is 14.3 Å². The standard InChI is InChI=1S/C7H10BrNO3/c1-2-6(10)9-3-4-12-7(11)5-8/h2H,1,3-5H2,(H,9,10). The molecule has 0 atom stereocenters. The molecule has 0 spiro atoms. The van der Waals surface area contributed by atoms with Gasteiger partial charge in [0.15, 0.2) is 0 Å². The first kappa shape index (κ1) is 11.2. The number of nitrogens with one attached hydrogen (secondary N) is 1. The van der Waals surface area contributed by atoms with Crippen LogP contribution in [0, 0.1) is 0 Å². The van der Waals surface area contributed by atoms with Gasteiger partial charge in [-0.2, -0.15) is 0 Å². The Hall–Kier alpha value is -0.840. The van der Waals surface area contributed by atoms with Crippen molar-refractivity contribution in [1.82, 2.24) is 5.32 Å². The summed E-state index contributed by atoms with van der Waals surface area (Å²) >= 11 is 2.93. The van der Waals surface area contributed by atoms with E-state index in [0.717, 1.165) is 6.08 Å². The van der Waals surface area contributed by atoms with Gasteiger partial charge >= 0.3 is 5.97 Å². The first-order valence-corrected chi connectivity index (χ1v) is 4.44. The molecule has 0 saturated heterocycles. The van der Waals surface area contributed by atoms with Gasteiger partial charge in [-0.3, -0.25) is 9.59 Å². The molecule has 0 aromatic rings. The topological polar surface area (TPSA) is 55.4 Å². The smallest absolute Gasteiger partial charge is 0.316 e. The van der Waals surface area contributed by atoms with E-state index in [4.69, 9.17) is 0 Å². The summed E-state index contributed by atoms with van der Waals surface area (Å²) < 4.78 is 4.65. The molecular formula is C7H10BrNO3. The lowest BCUT2D eigenvalue weighted by molar-refractivity contribution is -0.140. The van der Waals surface area contributed by atoms with E-state index in [1.54, 1.807) is 0 Å². The van der Waals surface area contributed by atoms with Gasteiger partial charge in [0.25, 0.3) is 0 Å². The number of hydrogen-bond donors (Lipinski definition) is 1. The van der Waals surface area contributed by atoms with E-state index in [9.17, 15) is 9.59 Å². The maximum atomic E-state index is 10.5. The number of halogens is 1. The van der Waals surface area contributed by atoms with Crippen LogP contribution in [-0.2, 0) is 14.3 Å². The number of alkyl halides is 1. The third kappa shape index (κ3) is 5.91. The van der Waals surface area contributed by atoms with Crippen LogP contribution in [-0.4, -0.2) is 30.4 Å². The normalized spacial score (nSPS) is 8.75. The first-order valence-electron chi connectivity index (χ1n) is 3.32. The molecule has 0 aliphatic rings. The second kappa shape index (κ2) is 6.84. The molecular weight excluding hydrogens is 226 g/mol. The van der Waals surface area contributed by atoms with E-state index >= 15 is 0 Å². The largest absolute Gasteiger partial charge is 0.463 e. The Morgan fingerprint density at radius 2 is 2.25 bits per heavy atom. The van der Waals surface area contributed by atoms with Crippen LogP contribution in [0.3, 0.4) is 0 Å². The Kier molecular flexibility index (Phi) is 6.37. The highest BCUT2D eigenvalue weighted by Crippen LogP contribution is 1.83. The van der Waals surface area contributed by atoms with Crippen molar-refractivity contribution in [2.45, 2.75) is 0 Å². The van der Waals surface area contributed by atoms with Crippen LogP contribution in [0.15, 0.2) is 12.7 Å². The average Bonchev–Trinajstić information content (AvgIpc) is 2.11. The van der Waals surface area contributed by atoms with Crippen molar-refractivity contribution in [3.63, 3.8) is 0 Å². The van der Waals surface area contributed by atoms with E-state index in [1.165, 1.54) is 0 Å². The Morgan fingerprint density at radius 3 is 2.75 bits per heavy atom. The Balaban J connectivity index is 3.27. The molecule has 1 N–H and O–H groups in total. The summed E-state index contributed by atoms with van der Waals surface area (Å²) in [5, 5.41) is 2.63. The molecule has 0 bridgehead atoms. The Morgan fingerprint density at radius 1 is 1.58 bits per heavy atom. The minimum absolute atomic E-state index is 0.169. The van der Waals surface area contributed by atoms with Crippen molar-refractivity contribution in [2.75, 3.05) is 18.5 Å². The highest BCUT2D eigenvalue weighted by atomic mass is 79.9. The number of hydrogen-bond acceptors (Lipinski definition) is 3. The fourth-order valence-corrected chi connectivity index (χ4v) is 0.612. The molecule has 0 heterocycles. The second-order valence-corrected chi connectivity index (χ2v) is 2.41. The molecule has 0 aromatic carbocycles. The van der Waals surface area contributed by atoms with Crippen LogP contribution in [0.4, 0.5) is 0 Å². The second-order valence-electron chi connectivity index (χ2n) is 1.85. The van der Waals surface area contributed by atoms with Crippen molar-refractivity contribution in [3.05, 3.63) is 12.7 Å². The van der Waals surface area contributed by atoms with Crippen LogP contribution in [0.25, 0.3) is 0 Å². The molecule has 0 saturated carbocycles. The summed E-state index contributed by atoms with van der Waals surface area (Å²) in [5.74, 6) is -0.618. The molecule has 68 valence electrons. The van der Waals surface area contributed by atoms with Gasteiger partial charge < -0.3 is 10.1 Å². The number of rotatable bonds is 5. The van der Waals surface area contributed by atoms with Gasteiger partial charge in [0.2, 0.25) is 5.91 Å². The van der Waals surface area contributed by atoms with Gasteiger partial charge in [-0.05, 0) is 6.08 Å². The molecule has 0 aromatic heterocycles. The highest BCUT2D eigenvalue weighted by molar-refractivity contribution is 9.09. The van der Waals surface area contributed by atoms with Gasteiger partial charge in [0.05, 0.1) is 6.54 Å². The molecule has 0 fully saturated rings. The summed E-state index contributed by atoms with van der Waals surface area (Å²) in [6.45, 7) is 3.76. The Bertz CT molecular complexity index is 181. The predicted octanol–water partition coefficient (Wildman–Crippen LogP) is 0.227. The van der Waals surface area contributed by atoms with Gasteiger partial charge in [-0.25, -0.2) is 0 Å². The van der Waals surface area contributed by atoms with Gasteiger partial charge in [0, 0.05) is 0 Å². The molecule has 0 aliphatic heterocycles. The molecule has 5 heteroatoms. The van der Waals surface area contributed by atoms with Crippen molar-refractivity contribution in [1.29, 1.82) is 0 Å². The van der Waals surface area contributed by atoms with Gasteiger partial charge in [-0.15, -0.1) is 0 Å². The fourth-order valence-electron chi connectivity index (χ4n) is 0.450. The van der Waals surface area contributed by atoms with Crippen LogP contribution < -0.4 is 5.32 Å². The maximum Gasteiger partial charge on any atom is 0.316 e. The third-order valence-corrected chi connectivity index (χ3v) is 1.42. The van der Waals surface area contributed by atoms with Crippen molar-refractivity contribution in [3.8, 4) is 0 Å². The minimum Gasteiger partial charge on any atom is -0.463 e. The average molecular weight is 236 g/mol. The lowest BCUT2D eigenvalue weighted by Crippen LogP contribution is -2.26. The highest BCUT2D eigenvalue weighted by Gasteiger charge is 1.98. The van der Waals surface area contributed by atoms with E-state index < -0.39 is 0 Å². The van der Waals surface area contributed by atoms with Gasteiger partial charge in [-0.1, -0.05) is 22.5 Å². The van der Waals surface area contributed by atoms with Crippen LogP contribution in [0.5, 0.6) is 0 Å². The number of amides is 1. The molecule has 0 radical (unpaired) electrons. The number of ether oxygens (including phenoxy) is 1. The first-order chi connectivity index (χ1) is 5.70. The summed E-state index contributed by atoms with van der Waals surface area (Å²) in [6, 6.07) is 0. The van der Waals surface area contributed by atoms with Crippen LogP contribution in [0.2, 0.25) is 0 Å². The number of carbonyl (C=O) groups is 2. The third-order valence-electron chi connectivity index (χ3n) is 0.959. The summed E-state index contributed by atoms with van der Waals surface area (Å²) in [7, 11) is 0. The summed E-state index contributed by atoms with van der Waals surface area (Å²) in [4.78, 5) is 21.1. The molecule has 0 unspecified atom stereocenters. The monoisotopic (exact) mass is 235 g/mol. The zero-order valence-electron chi connectivity index (χ0n) is 6.51. The van der Waals surface area contributed by atoms with E-state index in [-0.39, 0.29) is 23.8 Å².